The first-order chi connectivity index (χ1) is 7.13. The van der Waals surface area contributed by atoms with Crippen LogP contribution in [-0.4, -0.2) is 29.4 Å². The number of carbonyl (C=O) groups is 1. The van der Waals surface area contributed by atoms with Crippen LogP contribution in [0.2, 0.25) is 0 Å². The minimum atomic E-state index is 0.126. The van der Waals surface area contributed by atoms with Crippen molar-refractivity contribution in [3.8, 4) is 0 Å². The Morgan fingerprint density at radius 1 is 1.73 bits per heavy atom. The summed E-state index contributed by atoms with van der Waals surface area (Å²) < 4.78 is 0. The maximum Gasteiger partial charge on any atom is 0.222 e. The van der Waals surface area contributed by atoms with Crippen molar-refractivity contribution in [2.45, 2.75) is 19.9 Å². The monoisotopic (exact) mass is 227 g/mol. The molecule has 0 bridgehead atoms. The van der Waals surface area contributed by atoms with Crippen molar-refractivity contribution < 1.29 is 4.79 Å². The van der Waals surface area contributed by atoms with Gasteiger partial charge in [0.15, 0.2) is 0 Å². The van der Waals surface area contributed by atoms with Crippen LogP contribution in [0.25, 0.3) is 0 Å². The van der Waals surface area contributed by atoms with Gasteiger partial charge in [0.1, 0.15) is 0 Å². The maximum absolute atomic E-state index is 11.7. The van der Waals surface area contributed by atoms with Gasteiger partial charge in [-0.25, -0.2) is 4.98 Å². The third-order valence-electron chi connectivity index (χ3n) is 2.23. The quantitative estimate of drug-likeness (QED) is 0.819. The van der Waals surface area contributed by atoms with Crippen LogP contribution in [0.4, 0.5) is 0 Å². The van der Waals surface area contributed by atoms with Crippen LogP contribution in [-0.2, 0) is 11.3 Å². The Morgan fingerprint density at radius 2 is 2.47 bits per heavy atom. The number of carbonyl (C=O) groups excluding carboxylic acids is 1. The van der Waals surface area contributed by atoms with Crippen LogP contribution < -0.4 is 5.73 Å². The molecule has 5 heteroatoms. The summed E-state index contributed by atoms with van der Waals surface area (Å²) >= 11 is 1.54. The average molecular weight is 227 g/mol. The third-order valence-corrected chi connectivity index (χ3v) is 2.87. The minimum absolute atomic E-state index is 0.126. The van der Waals surface area contributed by atoms with Crippen LogP contribution in [0.5, 0.6) is 0 Å². The molecular weight excluding hydrogens is 210 g/mol. The summed E-state index contributed by atoms with van der Waals surface area (Å²) in [6.07, 6.45) is 0.511. The van der Waals surface area contributed by atoms with Gasteiger partial charge in [0, 0.05) is 18.8 Å². The predicted octanol–water partition coefficient (Wildman–Crippen LogP) is 1.09. The molecule has 1 rings (SSSR count). The topological polar surface area (TPSA) is 59.2 Å². The second-order valence-electron chi connectivity index (χ2n) is 3.77. The summed E-state index contributed by atoms with van der Waals surface area (Å²) in [6, 6.07) is 0. The van der Waals surface area contributed by atoms with Gasteiger partial charge < -0.3 is 10.6 Å². The lowest BCUT2D eigenvalue weighted by molar-refractivity contribution is -0.131. The Kier molecular flexibility index (Phi) is 4.71. The Hall–Kier alpha value is -0.940. The summed E-state index contributed by atoms with van der Waals surface area (Å²) in [7, 11) is 1.80. The van der Waals surface area contributed by atoms with Gasteiger partial charge in [-0.3, -0.25) is 4.79 Å². The fraction of sp³-hybridized carbons (Fsp3) is 0.600. The summed E-state index contributed by atoms with van der Waals surface area (Å²) in [4.78, 5) is 17.5. The predicted molar refractivity (Wildman–Crippen MR) is 61.4 cm³/mol. The van der Waals surface area contributed by atoms with E-state index in [0.29, 0.717) is 19.5 Å². The molecule has 0 saturated carbocycles. The van der Waals surface area contributed by atoms with E-state index in [1.54, 1.807) is 28.8 Å². The first-order valence-electron chi connectivity index (χ1n) is 4.94. The van der Waals surface area contributed by atoms with E-state index in [4.69, 9.17) is 5.73 Å². The molecule has 0 radical (unpaired) electrons. The second-order valence-corrected chi connectivity index (χ2v) is 4.49. The molecular formula is C10H17N3OS. The van der Waals surface area contributed by atoms with Crippen molar-refractivity contribution in [2.24, 2.45) is 11.7 Å². The largest absolute Gasteiger partial charge is 0.340 e. The molecule has 0 aromatic carbocycles. The highest BCUT2D eigenvalue weighted by atomic mass is 32.1. The molecule has 15 heavy (non-hydrogen) atoms. The third kappa shape index (κ3) is 3.97. The van der Waals surface area contributed by atoms with E-state index >= 15 is 0 Å². The highest BCUT2D eigenvalue weighted by molar-refractivity contribution is 7.07. The molecule has 1 aromatic rings. The number of hydrogen-bond donors (Lipinski definition) is 1. The first kappa shape index (κ1) is 12.1. The van der Waals surface area contributed by atoms with Gasteiger partial charge in [0.2, 0.25) is 5.91 Å². The lowest BCUT2D eigenvalue weighted by atomic mass is 10.1. The maximum atomic E-state index is 11.7. The molecule has 0 aliphatic rings. The summed E-state index contributed by atoms with van der Waals surface area (Å²) in [5.41, 5.74) is 8.19. The molecule has 0 aliphatic carbocycles. The van der Waals surface area contributed by atoms with Crippen molar-refractivity contribution in [3.63, 3.8) is 0 Å². The van der Waals surface area contributed by atoms with Crippen molar-refractivity contribution in [1.82, 2.24) is 9.88 Å². The lowest BCUT2D eigenvalue weighted by Gasteiger charge is -2.17. The number of nitrogens with two attached hydrogens (primary N) is 1. The van der Waals surface area contributed by atoms with E-state index in [0.717, 1.165) is 5.69 Å². The minimum Gasteiger partial charge on any atom is -0.340 e. The van der Waals surface area contributed by atoms with Crippen molar-refractivity contribution in [3.05, 3.63) is 16.6 Å². The molecule has 1 unspecified atom stereocenters. The van der Waals surface area contributed by atoms with Gasteiger partial charge >= 0.3 is 0 Å². The molecule has 1 amide bonds. The molecule has 0 aliphatic heterocycles. The van der Waals surface area contributed by atoms with Gasteiger partial charge in [-0.05, 0) is 12.5 Å². The Bertz CT molecular complexity index is 300. The van der Waals surface area contributed by atoms with E-state index in [1.165, 1.54) is 0 Å². The van der Waals surface area contributed by atoms with Crippen molar-refractivity contribution in [2.75, 3.05) is 13.6 Å². The van der Waals surface area contributed by atoms with E-state index in [2.05, 4.69) is 4.98 Å². The van der Waals surface area contributed by atoms with Gasteiger partial charge in [-0.2, -0.15) is 0 Å². The van der Waals surface area contributed by atoms with Gasteiger partial charge in [0.25, 0.3) is 0 Å². The molecule has 1 aromatic heterocycles. The SMILES string of the molecule is CC(CN)CC(=O)N(C)Cc1cscn1. The van der Waals surface area contributed by atoms with E-state index in [1.807, 2.05) is 12.3 Å². The lowest BCUT2D eigenvalue weighted by Crippen LogP contribution is -2.29. The zero-order valence-corrected chi connectivity index (χ0v) is 9.96. The molecule has 1 atom stereocenters. The number of amides is 1. The van der Waals surface area contributed by atoms with E-state index < -0.39 is 0 Å². The molecule has 0 saturated heterocycles. The number of nitrogens with zero attached hydrogens (tertiary/aromatic N) is 2. The van der Waals surface area contributed by atoms with Gasteiger partial charge in [-0.1, -0.05) is 6.92 Å². The van der Waals surface area contributed by atoms with E-state index in [9.17, 15) is 4.79 Å². The van der Waals surface area contributed by atoms with Crippen molar-refractivity contribution >= 4 is 17.2 Å². The van der Waals surface area contributed by atoms with Crippen molar-refractivity contribution in [1.29, 1.82) is 0 Å². The summed E-state index contributed by atoms with van der Waals surface area (Å²) in [5.74, 6) is 0.372. The Labute approximate surface area is 94.1 Å². The molecule has 4 nitrogen and oxygen atoms in total. The van der Waals surface area contributed by atoms with Crippen LogP contribution in [0.3, 0.4) is 0 Å². The number of hydrogen-bond acceptors (Lipinski definition) is 4. The van der Waals surface area contributed by atoms with Crippen LogP contribution >= 0.6 is 11.3 Å². The fourth-order valence-corrected chi connectivity index (χ4v) is 1.73. The number of thiazole rings is 1. The summed E-state index contributed by atoms with van der Waals surface area (Å²) in [5, 5.41) is 1.95. The second kappa shape index (κ2) is 5.82. The Balaban J connectivity index is 2.40. The fourth-order valence-electron chi connectivity index (χ4n) is 1.18. The zero-order chi connectivity index (χ0) is 11.3. The Morgan fingerprint density at radius 3 is 3.00 bits per heavy atom. The van der Waals surface area contributed by atoms with E-state index in [-0.39, 0.29) is 11.8 Å². The molecule has 0 spiro atoms. The normalized spacial score (nSPS) is 12.5. The zero-order valence-electron chi connectivity index (χ0n) is 9.14. The smallest absolute Gasteiger partial charge is 0.222 e. The number of aromatic nitrogens is 1. The molecule has 84 valence electrons. The highest BCUT2D eigenvalue weighted by Crippen LogP contribution is 2.07. The van der Waals surface area contributed by atoms with Crippen LogP contribution in [0, 0.1) is 5.92 Å². The molecule has 0 fully saturated rings. The van der Waals surface area contributed by atoms with Gasteiger partial charge in [-0.15, -0.1) is 11.3 Å². The van der Waals surface area contributed by atoms with Crippen LogP contribution in [0.1, 0.15) is 19.0 Å². The average Bonchev–Trinajstić information content (AvgIpc) is 2.70. The highest BCUT2D eigenvalue weighted by Gasteiger charge is 2.13. The summed E-state index contributed by atoms with van der Waals surface area (Å²) in [6.45, 7) is 3.12. The molecule has 1 heterocycles. The molecule has 2 N–H and O–H groups in total. The number of rotatable bonds is 5. The first-order valence-corrected chi connectivity index (χ1v) is 5.89. The standard InChI is InChI=1S/C10H17N3OS/c1-8(4-11)3-10(14)13(2)5-9-6-15-7-12-9/h6-8H,3-5,11H2,1-2H3. The van der Waals surface area contributed by atoms with Gasteiger partial charge in [0.05, 0.1) is 17.7 Å². The van der Waals surface area contributed by atoms with Crippen LogP contribution in [0.15, 0.2) is 10.9 Å².